The number of rotatable bonds is 5. The highest BCUT2D eigenvalue weighted by molar-refractivity contribution is 5.89. The summed E-state index contributed by atoms with van der Waals surface area (Å²) in [5, 5.41) is 0.853. The maximum atomic E-state index is 14.5. The van der Waals surface area contributed by atoms with E-state index in [4.69, 9.17) is 9.47 Å². The molecule has 2 aromatic heterocycles. The zero-order chi connectivity index (χ0) is 20.4. The van der Waals surface area contributed by atoms with Gasteiger partial charge in [-0.15, -0.1) is 0 Å². The second-order valence-electron chi connectivity index (χ2n) is 6.53. The van der Waals surface area contributed by atoms with E-state index >= 15 is 0 Å². The minimum atomic E-state index is -0.497. The molecule has 6 heteroatoms. The molecule has 0 fully saturated rings. The molecule has 0 aliphatic heterocycles. The van der Waals surface area contributed by atoms with Crippen molar-refractivity contribution >= 4 is 16.9 Å². The summed E-state index contributed by atoms with van der Waals surface area (Å²) in [7, 11) is 2.77. The van der Waals surface area contributed by atoms with Gasteiger partial charge >= 0.3 is 5.97 Å². The molecule has 0 bridgehead atoms. The van der Waals surface area contributed by atoms with Crippen LogP contribution >= 0.6 is 0 Å². The van der Waals surface area contributed by atoms with Gasteiger partial charge in [-0.05, 0) is 29.8 Å². The number of carbonyl (C=O) groups is 1. The van der Waals surface area contributed by atoms with E-state index in [-0.39, 0.29) is 11.4 Å². The second-order valence-corrected chi connectivity index (χ2v) is 6.53. The normalized spacial score (nSPS) is 10.9. The van der Waals surface area contributed by atoms with Crippen LogP contribution in [0.15, 0.2) is 66.7 Å². The molecule has 0 aliphatic carbocycles. The van der Waals surface area contributed by atoms with Crippen LogP contribution in [0, 0.1) is 5.82 Å². The minimum absolute atomic E-state index is 0.195. The third-order valence-electron chi connectivity index (χ3n) is 4.77. The van der Waals surface area contributed by atoms with Gasteiger partial charge in [0.2, 0.25) is 0 Å². The van der Waals surface area contributed by atoms with E-state index in [2.05, 4.69) is 4.98 Å². The third-order valence-corrected chi connectivity index (χ3v) is 4.77. The predicted octanol–water partition coefficient (Wildman–Crippen LogP) is 4.69. The van der Waals surface area contributed by atoms with Crippen molar-refractivity contribution in [2.75, 3.05) is 14.2 Å². The molecule has 29 heavy (non-hydrogen) atoms. The van der Waals surface area contributed by atoms with Crippen molar-refractivity contribution in [3.05, 3.63) is 83.9 Å². The lowest BCUT2D eigenvalue weighted by Crippen LogP contribution is -2.09. The molecule has 4 aromatic rings. The topological polar surface area (TPSA) is 53.4 Å². The zero-order valence-corrected chi connectivity index (χ0v) is 16.1. The largest absolute Gasteiger partial charge is 0.494 e. The van der Waals surface area contributed by atoms with E-state index in [0.717, 1.165) is 16.6 Å². The van der Waals surface area contributed by atoms with Crippen LogP contribution in [0.4, 0.5) is 4.39 Å². The van der Waals surface area contributed by atoms with E-state index in [1.807, 2.05) is 47.0 Å². The average Bonchev–Trinajstić information content (AvgIpc) is 3.10. The number of fused-ring (bicyclic) bond motifs is 1. The van der Waals surface area contributed by atoms with E-state index in [1.165, 1.54) is 20.3 Å². The van der Waals surface area contributed by atoms with E-state index < -0.39 is 11.8 Å². The van der Waals surface area contributed by atoms with E-state index in [1.54, 1.807) is 18.2 Å². The molecule has 4 rings (SSSR count). The third kappa shape index (κ3) is 3.57. The zero-order valence-electron chi connectivity index (χ0n) is 16.1. The van der Waals surface area contributed by atoms with Crippen LogP contribution in [0.1, 0.15) is 16.2 Å². The molecular weight excluding hydrogens is 371 g/mol. The highest BCUT2D eigenvalue weighted by Crippen LogP contribution is 2.32. The van der Waals surface area contributed by atoms with Gasteiger partial charge < -0.3 is 14.0 Å². The van der Waals surface area contributed by atoms with Crippen LogP contribution in [-0.2, 0) is 11.3 Å². The number of ether oxygens (including phenoxy) is 2. The van der Waals surface area contributed by atoms with Crippen molar-refractivity contribution in [3.8, 4) is 17.0 Å². The van der Waals surface area contributed by atoms with Crippen molar-refractivity contribution < 1.29 is 18.7 Å². The van der Waals surface area contributed by atoms with Gasteiger partial charge in [0.15, 0.2) is 11.6 Å². The Morgan fingerprint density at radius 1 is 1.03 bits per heavy atom. The van der Waals surface area contributed by atoms with Gasteiger partial charge in [-0.3, -0.25) is 0 Å². The molecule has 0 amide bonds. The lowest BCUT2D eigenvalue weighted by atomic mass is 10.1. The molecule has 2 heterocycles. The number of hydrogen-bond acceptors (Lipinski definition) is 4. The number of methoxy groups -OCH3 is 2. The molecule has 0 unspecified atom stereocenters. The van der Waals surface area contributed by atoms with Crippen LogP contribution < -0.4 is 4.74 Å². The minimum Gasteiger partial charge on any atom is -0.494 e. The molecule has 2 aromatic carbocycles. The van der Waals surface area contributed by atoms with Gasteiger partial charge in [0.25, 0.3) is 0 Å². The summed E-state index contributed by atoms with van der Waals surface area (Å²) in [6, 6.07) is 20.2. The second kappa shape index (κ2) is 7.75. The van der Waals surface area contributed by atoms with Gasteiger partial charge in [0, 0.05) is 17.1 Å². The quantitative estimate of drug-likeness (QED) is 0.464. The molecule has 0 N–H and O–H groups in total. The fourth-order valence-electron chi connectivity index (χ4n) is 3.39. The van der Waals surface area contributed by atoms with Crippen molar-refractivity contribution in [1.29, 1.82) is 0 Å². The first-order valence-electron chi connectivity index (χ1n) is 9.07. The van der Waals surface area contributed by atoms with Crippen molar-refractivity contribution in [1.82, 2.24) is 9.55 Å². The Labute approximate surface area is 167 Å². The number of pyridine rings is 1. The molecule has 0 saturated carbocycles. The highest BCUT2D eigenvalue weighted by Gasteiger charge is 2.16. The number of esters is 1. The maximum absolute atomic E-state index is 14.5. The number of halogens is 1. The predicted molar refractivity (Wildman–Crippen MR) is 109 cm³/mol. The number of benzene rings is 2. The Kier molecular flexibility index (Phi) is 4.99. The van der Waals surface area contributed by atoms with Crippen LogP contribution in [0.2, 0.25) is 0 Å². The molecule has 0 saturated heterocycles. The Hall–Kier alpha value is -3.67. The van der Waals surface area contributed by atoms with Crippen LogP contribution in [0.5, 0.6) is 5.75 Å². The van der Waals surface area contributed by atoms with Gasteiger partial charge in [-0.1, -0.05) is 36.4 Å². The summed E-state index contributed by atoms with van der Waals surface area (Å²) in [6.45, 7) is 0.365. The summed E-state index contributed by atoms with van der Waals surface area (Å²) in [6.07, 6.45) is 0. The fourth-order valence-corrected chi connectivity index (χ4v) is 3.39. The standard InChI is InChI=1S/C23H19FN2O3/c1-28-22-12-16-11-20(15-7-4-3-5-8-15)26(21(16)13-18(22)24)14-17-9-6-10-19(25-17)23(27)29-2/h3-13H,14H2,1-2H3. The average molecular weight is 390 g/mol. The van der Waals surface area contributed by atoms with Gasteiger partial charge in [0.1, 0.15) is 5.69 Å². The first-order chi connectivity index (χ1) is 14.1. The Morgan fingerprint density at radius 2 is 1.83 bits per heavy atom. The first kappa shape index (κ1) is 18.7. The SMILES string of the molecule is COC(=O)c1cccc(Cn2c(-c3ccccc3)cc3cc(OC)c(F)cc32)n1. The summed E-state index contributed by atoms with van der Waals surface area (Å²) in [5.41, 5.74) is 3.52. The number of hydrogen-bond donors (Lipinski definition) is 0. The summed E-state index contributed by atoms with van der Waals surface area (Å²) < 4.78 is 26.3. The van der Waals surface area contributed by atoms with Crippen molar-refractivity contribution in [3.63, 3.8) is 0 Å². The van der Waals surface area contributed by atoms with Gasteiger partial charge in [-0.25, -0.2) is 14.2 Å². The van der Waals surface area contributed by atoms with Crippen LogP contribution in [0.3, 0.4) is 0 Å². The first-order valence-corrected chi connectivity index (χ1v) is 9.07. The number of nitrogens with zero attached hydrogens (tertiary/aromatic N) is 2. The number of aromatic nitrogens is 2. The Morgan fingerprint density at radius 3 is 2.55 bits per heavy atom. The summed E-state index contributed by atoms with van der Waals surface area (Å²) in [5.74, 6) is -0.737. The van der Waals surface area contributed by atoms with Gasteiger partial charge in [-0.2, -0.15) is 0 Å². The van der Waals surface area contributed by atoms with Crippen molar-refractivity contribution in [2.24, 2.45) is 0 Å². The molecular formula is C23H19FN2O3. The maximum Gasteiger partial charge on any atom is 0.356 e. The van der Waals surface area contributed by atoms with Crippen molar-refractivity contribution in [2.45, 2.75) is 6.54 Å². The lowest BCUT2D eigenvalue weighted by Gasteiger charge is -2.12. The van der Waals surface area contributed by atoms with Crippen LogP contribution in [-0.4, -0.2) is 29.7 Å². The monoisotopic (exact) mass is 390 g/mol. The van der Waals surface area contributed by atoms with E-state index in [9.17, 15) is 9.18 Å². The lowest BCUT2D eigenvalue weighted by molar-refractivity contribution is 0.0593. The van der Waals surface area contributed by atoms with Gasteiger partial charge in [0.05, 0.1) is 32.0 Å². The Bertz CT molecular complexity index is 1190. The molecule has 5 nitrogen and oxygen atoms in total. The smallest absolute Gasteiger partial charge is 0.356 e. The molecule has 0 aliphatic rings. The summed E-state index contributed by atoms with van der Waals surface area (Å²) >= 11 is 0. The Balaban J connectivity index is 1.88. The molecule has 0 atom stereocenters. The number of carbonyl (C=O) groups excluding carboxylic acids is 1. The molecule has 146 valence electrons. The fraction of sp³-hybridized carbons (Fsp3) is 0.130. The van der Waals surface area contributed by atoms with E-state index in [0.29, 0.717) is 17.8 Å². The van der Waals surface area contributed by atoms with Crippen LogP contribution in [0.25, 0.3) is 22.2 Å². The molecule has 0 radical (unpaired) electrons. The summed E-state index contributed by atoms with van der Waals surface area (Å²) in [4.78, 5) is 16.2. The molecule has 0 spiro atoms. The highest BCUT2D eigenvalue weighted by atomic mass is 19.1.